The summed E-state index contributed by atoms with van der Waals surface area (Å²) >= 11 is 17.1. The smallest absolute Gasteiger partial charge is 0.216 e. The fourth-order valence-electron chi connectivity index (χ4n) is 1.81. The SMILES string of the molecule is COc1ccc2nccc(C[C@H](O)C(Cl)(Cl)Cl)c2c1. The molecule has 1 aromatic carbocycles. The monoisotopic (exact) mass is 319 g/mol. The normalized spacial score (nSPS) is 13.5. The van der Waals surface area contributed by atoms with Gasteiger partial charge >= 0.3 is 0 Å². The molecule has 1 heterocycles. The minimum Gasteiger partial charge on any atom is -0.497 e. The first-order chi connectivity index (χ1) is 8.91. The van der Waals surface area contributed by atoms with Crippen LogP contribution in [-0.2, 0) is 6.42 Å². The molecule has 1 N–H and O–H groups in total. The molecule has 0 radical (unpaired) electrons. The van der Waals surface area contributed by atoms with Crippen molar-refractivity contribution in [3.8, 4) is 5.75 Å². The molecule has 0 aliphatic rings. The number of aliphatic hydroxyl groups excluding tert-OH is 1. The maximum Gasteiger partial charge on any atom is 0.216 e. The molecular formula is C13H12Cl3NO2. The van der Waals surface area contributed by atoms with E-state index in [2.05, 4.69) is 4.98 Å². The third kappa shape index (κ3) is 3.42. The Morgan fingerprint density at radius 3 is 2.68 bits per heavy atom. The van der Waals surface area contributed by atoms with E-state index >= 15 is 0 Å². The molecule has 0 fully saturated rings. The Hall–Kier alpha value is -0.740. The topological polar surface area (TPSA) is 42.4 Å². The van der Waals surface area contributed by atoms with Gasteiger partial charge in [0.15, 0.2) is 0 Å². The number of aromatic nitrogens is 1. The summed E-state index contributed by atoms with van der Waals surface area (Å²) < 4.78 is 3.47. The summed E-state index contributed by atoms with van der Waals surface area (Å²) in [5.74, 6) is 0.713. The van der Waals surface area contributed by atoms with E-state index in [9.17, 15) is 5.11 Å². The Labute approximate surface area is 126 Å². The number of rotatable bonds is 3. The fraction of sp³-hybridized carbons (Fsp3) is 0.308. The molecule has 0 spiro atoms. The number of ether oxygens (including phenoxy) is 1. The standard InChI is InChI=1S/C13H12Cl3NO2/c1-19-9-2-3-11-10(7-9)8(4-5-17-11)6-12(18)13(14,15)16/h2-5,7,12,18H,6H2,1H3/t12-/m0/s1. The lowest BCUT2D eigenvalue weighted by molar-refractivity contribution is 0.179. The lowest BCUT2D eigenvalue weighted by Gasteiger charge is -2.19. The summed E-state index contributed by atoms with van der Waals surface area (Å²) in [4.78, 5) is 4.25. The first-order valence-corrected chi connectivity index (χ1v) is 6.71. The Morgan fingerprint density at radius 2 is 2.05 bits per heavy atom. The van der Waals surface area contributed by atoms with Crippen LogP contribution < -0.4 is 4.74 Å². The quantitative estimate of drug-likeness (QED) is 0.880. The molecule has 19 heavy (non-hydrogen) atoms. The number of fused-ring (bicyclic) bond motifs is 1. The molecular weight excluding hydrogens is 309 g/mol. The van der Waals surface area contributed by atoms with E-state index in [1.165, 1.54) is 0 Å². The number of pyridine rings is 1. The predicted octanol–water partition coefficient (Wildman–Crippen LogP) is 3.52. The zero-order valence-corrected chi connectivity index (χ0v) is 12.4. The average Bonchev–Trinajstić information content (AvgIpc) is 2.37. The van der Waals surface area contributed by atoms with E-state index in [4.69, 9.17) is 39.5 Å². The summed E-state index contributed by atoms with van der Waals surface area (Å²) in [5.41, 5.74) is 1.65. The number of alkyl halides is 3. The van der Waals surface area contributed by atoms with Crippen molar-refractivity contribution < 1.29 is 9.84 Å². The molecule has 1 aromatic heterocycles. The van der Waals surface area contributed by atoms with Crippen molar-refractivity contribution in [2.24, 2.45) is 0 Å². The zero-order chi connectivity index (χ0) is 14.0. The molecule has 0 saturated carbocycles. The van der Waals surface area contributed by atoms with E-state index in [0.717, 1.165) is 16.5 Å². The molecule has 0 unspecified atom stereocenters. The van der Waals surface area contributed by atoms with Gasteiger partial charge in [-0.25, -0.2) is 0 Å². The second-order valence-corrected chi connectivity index (χ2v) is 6.48. The van der Waals surface area contributed by atoms with Gasteiger partial charge in [-0.3, -0.25) is 4.98 Å². The van der Waals surface area contributed by atoms with Gasteiger partial charge in [-0.15, -0.1) is 0 Å². The van der Waals surface area contributed by atoms with Crippen molar-refractivity contribution in [3.63, 3.8) is 0 Å². The van der Waals surface area contributed by atoms with Crippen LogP contribution in [0.5, 0.6) is 5.75 Å². The highest BCUT2D eigenvalue weighted by Crippen LogP contribution is 2.33. The average molecular weight is 321 g/mol. The van der Waals surface area contributed by atoms with E-state index in [1.807, 2.05) is 18.2 Å². The van der Waals surface area contributed by atoms with Gasteiger partial charge in [0.1, 0.15) is 11.9 Å². The Bertz CT molecular complexity index is 584. The second kappa shape index (κ2) is 5.71. The maximum absolute atomic E-state index is 9.88. The van der Waals surface area contributed by atoms with Gasteiger partial charge < -0.3 is 9.84 Å². The molecule has 2 aromatic rings. The Morgan fingerprint density at radius 1 is 1.32 bits per heavy atom. The van der Waals surface area contributed by atoms with Crippen LogP contribution in [0.25, 0.3) is 10.9 Å². The van der Waals surface area contributed by atoms with Gasteiger partial charge in [-0.1, -0.05) is 34.8 Å². The molecule has 0 aliphatic heterocycles. The maximum atomic E-state index is 9.88. The van der Waals surface area contributed by atoms with Gasteiger partial charge in [0.2, 0.25) is 3.79 Å². The molecule has 2 rings (SSSR count). The number of nitrogens with zero attached hydrogens (tertiary/aromatic N) is 1. The van der Waals surface area contributed by atoms with E-state index < -0.39 is 9.90 Å². The first-order valence-electron chi connectivity index (χ1n) is 5.58. The molecule has 6 heteroatoms. The second-order valence-electron chi connectivity index (χ2n) is 4.11. The minimum absolute atomic E-state index is 0.225. The van der Waals surface area contributed by atoms with Crippen molar-refractivity contribution in [1.29, 1.82) is 0 Å². The van der Waals surface area contributed by atoms with E-state index in [0.29, 0.717) is 5.75 Å². The summed E-state index contributed by atoms with van der Waals surface area (Å²) in [6.07, 6.45) is 0.798. The van der Waals surface area contributed by atoms with Gasteiger partial charge in [-0.2, -0.15) is 0 Å². The number of hydrogen-bond acceptors (Lipinski definition) is 3. The molecule has 0 bridgehead atoms. The third-order valence-electron chi connectivity index (χ3n) is 2.83. The largest absolute Gasteiger partial charge is 0.497 e. The molecule has 0 amide bonds. The predicted molar refractivity (Wildman–Crippen MR) is 78.3 cm³/mol. The van der Waals surface area contributed by atoms with E-state index in [-0.39, 0.29) is 6.42 Å². The zero-order valence-electron chi connectivity index (χ0n) is 10.1. The molecule has 0 aliphatic carbocycles. The van der Waals surface area contributed by atoms with Crippen molar-refractivity contribution in [1.82, 2.24) is 4.98 Å². The fourth-order valence-corrected chi connectivity index (χ4v) is 2.04. The summed E-state index contributed by atoms with van der Waals surface area (Å²) in [7, 11) is 1.59. The van der Waals surface area contributed by atoms with Crippen molar-refractivity contribution in [3.05, 3.63) is 36.0 Å². The number of aliphatic hydroxyl groups is 1. The highest BCUT2D eigenvalue weighted by atomic mass is 35.6. The van der Waals surface area contributed by atoms with Crippen LogP contribution in [0.2, 0.25) is 0 Å². The lowest BCUT2D eigenvalue weighted by atomic mass is 10.0. The summed E-state index contributed by atoms with van der Waals surface area (Å²) in [6, 6.07) is 7.31. The van der Waals surface area contributed by atoms with Crippen LogP contribution in [0.4, 0.5) is 0 Å². The van der Waals surface area contributed by atoms with E-state index in [1.54, 1.807) is 19.4 Å². The van der Waals surface area contributed by atoms with Crippen molar-refractivity contribution in [2.45, 2.75) is 16.3 Å². The van der Waals surface area contributed by atoms with Crippen molar-refractivity contribution >= 4 is 45.7 Å². The Balaban J connectivity index is 2.42. The third-order valence-corrected chi connectivity index (χ3v) is 3.59. The number of methoxy groups -OCH3 is 1. The molecule has 1 atom stereocenters. The summed E-state index contributed by atoms with van der Waals surface area (Å²) in [6.45, 7) is 0. The number of halogens is 3. The van der Waals surface area contributed by atoms with Gasteiger partial charge in [-0.05, 0) is 29.8 Å². The molecule has 102 valence electrons. The van der Waals surface area contributed by atoms with Crippen molar-refractivity contribution in [2.75, 3.05) is 7.11 Å². The van der Waals surface area contributed by atoms with Crippen LogP contribution in [-0.4, -0.2) is 27.1 Å². The van der Waals surface area contributed by atoms with Crippen LogP contribution >= 0.6 is 34.8 Å². The first kappa shape index (κ1) is 14.7. The molecule has 0 saturated heterocycles. The van der Waals surface area contributed by atoms with Crippen LogP contribution in [0, 0.1) is 0 Å². The Kier molecular flexibility index (Phi) is 4.41. The van der Waals surface area contributed by atoms with Gasteiger partial charge in [0.05, 0.1) is 12.6 Å². The van der Waals surface area contributed by atoms with Crippen LogP contribution in [0.15, 0.2) is 30.5 Å². The highest BCUT2D eigenvalue weighted by Gasteiger charge is 2.31. The number of benzene rings is 1. The lowest BCUT2D eigenvalue weighted by Crippen LogP contribution is -2.27. The molecule has 3 nitrogen and oxygen atoms in total. The van der Waals surface area contributed by atoms with Crippen LogP contribution in [0.3, 0.4) is 0 Å². The highest BCUT2D eigenvalue weighted by molar-refractivity contribution is 6.68. The van der Waals surface area contributed by atoms with Crippen LogP contribution in [0.1, 0.15) is 5.56 Å². The number of hydrogen-bond donors (Lipinski definition) is 1. The summed E-state index contributed by atoms with van der Waals surface area (Å²) in [5, 5.41) is 10.7. The van der Waals surface area contributed by atoms with Gasteiger partial charge in [0, 0.05) is 18.0 Å². The minimum atomic E-state index is -1.71. The van der Waals surface area contributed by atoms with Gasteiger partial charge in [0.25, 0.3) is 0 Å².